The van der Waals surface area contributed by atoms with Crippen molar-refractivity contribution in [2.45, 2.75) is 55.8 Å². The van der Waals surface area contributed by atoms with Gasteiger partial charge in [-0.1, -0.05) is 46.3 Å². The molecule has 0 fully saturated rings. The highest BCUT2D eigenvalue weighted by Crippen LogP contribution is 2.43. The number of amides is 1. The first-order valence-corrected chi connectivity index (χ1v) is 17.1. The van der Waals surface area contributed by atoms with Crippen molar-refractivity contribution >= 4 is 37.6 Å². The number of carbonyl (C=O) groups excluding carboxylic acids is 1. The van der Waals surface area contributed by atoms with Gasteiger partial charge in [0.15, 0.2) is 21.5 Å². The molecule has 3 aromatic carbocycles. The number of aliphatic imine (C=N–C) groups is 1. The highest BCUT2D eigenvalue weighted by atomic mass is 79.9. The van der Waals surface area contributed by atoms with E-state index < -0.39 is 27.4 Å². The second-order valence-corrected chi connectivity index (χ2v) is 13.8. The number of rotatable bonds is 16. The van der Waals surface area contributed by atoms with Crippen molar-refractivity contribution in [3.8, 4) is 5.75 Å². The van der Waals surface area contributed by atoms with Gasteiger partial charge in [0.25, 0.3) is 5.91 Å². The van der Waals surface area contributed by atoms with Gasteiger partial charge in [0.1, 0.15) is 5.75 Å². The van der Waals surface area contributed by atoms with E-state index in [1.54, 1.807) is 54.6 Å². The number of aliphatic hydroxyl groups is 1. The fourth-order valence-electron chi connectivity index (χ4n) is 4.79. The van der Waals surface area contributed by atoms with E-state index in [1.807, 2.05) is 38.1 Å². The third-order valence-corrected chi connectivity index (χ3v) is 9.38. The van der Waals surface area contributed by atoms with E-state index in [0.29, 0.717) is 49.5 Å². The molecule has 0 unspecified atom stereocenters. The number of nitrogens with zero attached hydrogens (tertiary/aromatic N) is 1. The van der Waals surface area contributed by atoms with Crippen LogP contribution in [-0.4, -0.2) is 69.1 Å². The van der Waals surface area contributed by atoms with Crippen LogP contribution in [0.2, 0.25) is 0 Å². The Morgan fingerprint density at radius 2 is 1.73 bits per heavy atom. The van der Waals surface area contributed by atoms with Crippen LogP contribution in [0.3, 0.4) is 0 Å². The van der Waals surface area contributed by atoms with Gasteiger partial charge in [-0.05, 0) is 74.4 Å². The van der Waals surface area contributed by atoms with E-state index in [-0.39, 0.29) is 35.7 Å². The van der Waals surface area contributed by atoms with Crippen molar-refractivity contribution < 1.29 is 32.5 Å². The summed E-state index contributed by atoms with van der Waals surface area (Å²) in [5.41, 5.74) is -0.265. The first-order chi connectivity index (χ1) is 21.1. The molecule has 3 aromatic rings. The molecule has 0 saturated heterocycles. The molecule has 0 bridgehead atoms. The van der Waals surface area contributed by atoms with Gasteiger partial charge < -0.3 is 24.6 Å². The molecule has 1 amide bonds. The van der Waals surface area contributed by atoms with Gasteiger partial charge in [-0.2, -0.15) is 0 Å². The molecule has 0 saturated carbocycles. The Morgan fingerprint density at radius 3 is 2.39 bits per heavy atom. The van der Waals surface area contributed by atoms with Crippen LogP contribution >= 0.6 is 15.9 Å². The molecule has 0 aromatic heterocycles. The molecule has 0 radical (unpaired) electrons. The predicted octanol–water partition coefficient (Wildman–Crippen LogP) is 5.26. The summed E-state index contributed by atoms with van der Waals surface area (Å²) in [7, 11) is -3.74. The molecule has 1 aliphatic heterocycles. The minimum atomic E-state index is -3.74. The summed E-state index contributed by atoms with van der Waals surface area (Å²) in [4.78, 5) is 19.2. The van der Waals surface area contributed by atoms with Crippen molar-refractivity contribution in [2.75, 3.05) is 32.1 Å². The standard InChI is InChI=1S/C33H39BrN2O7S/c1-24(2)41-21-6-19-35-32(38)33(18-23-44(39,40)29-8-4-3-5-9-29)30(25-10-14-27(34)15-11-25)43-31(36-33)26-12-16-28(17-13-26)42-22-7-20-37/h3-5,8-17,24,30,37H,6-7,18-23H2,1-2H3,(H,35,38)/t30-,33-/m1/s1. The molecule has 1 heterocycles. The van der Waals surface area contributed by atoms with Crippen molar-refractivity contribution in [3.63, 3.8) is 0 Å². The Kier molecular flexibility index (Phi) is 12.0. The van der Waals surface area contributed by atoms with Gasteiger partial charge in [0.2, 0.25) is 5.90 Å². The molecular weight excluding hydrogens is 648 g/mol. The number of carbonyl (C=O) groups is 1. The van der Waals surface area contributed by atoms with Crippen molar-refractivity contribution in [3.05, 3.63) is 94.5 Å². The van der Waals surface area contributed by atoms with Crippen LogP contribution in [0, 0.1) is 0 Å². The van der Waals surface area contributed by atoms with Crippen molar-refractivity contribution in [2.24, 2.45) is 4.99 Å². The molecule has 2 atom stereocenters. The summed E-state index contributed by atoms with van der Waals surface area (Å²) in [6, 6.07) is 22.7. The number of hydrogen-bond donors (Lipinski definition) is 2. The first kappa shape index (κ1) is 33.6. The molecule has 0 aliphatic carbocycles. The molecule has 11 heteroatoms. The van der Waals surface area contributed by atoms with E-state index in [4.69, 9.17) is 24.3 Å². The fourth-order valence-corrected chi connectivity index (χ4v) is 6.44. The van der Waals surface area contributed by atoms with E-state index in [9.17, 15) is 13.2 Å². The number of halogens is 1. The normalized spacial score (nSPS) is 18.1. The molecule has 0 spiro atoms. The molecule has 44 heavy (non-hydrogen) atoms. The van der Waals surface area contributed by atoms with Gasteiger partial charge in [-0.25, -0.2) is 13.4 Å². The van der Waals surface area contributed by atoms with Crippen LogP contribution in [0.1, 0.15) is 50.3 Å². The van der Waals surface area contributed by atoms with E-state index in [1.165, 1.54) is 0 Å². The number of sulfone groups is 1. The van der Waals surface area contributed by atoms with Gasteiger partial charge in [0, 0.05) is 42.6 Å². The summed E-state index contributed by atoms with van der Waals surface area (Å²) in [6.45, 7) is 5.11. The zero-order chi connectivity index (χ0) is 31.6. The maximum absolute atomic E-state index is 14.2. The highest BCUT2D eigenvalue weighted by molar-refractivity contribution is 9.10. The topological polar surface area (TPSA) is 124 Å². The number of benzene rings is 3. The molecule has 4 rings (SSSR count). The van der Waals surface area contributed by atoms with Gasteiger partial charge in [-0.3, -0.25) is 4.79 Å². The van der Waals surface area contributed by atoms with E-state index in [0.717, 1.165) is 4.47 Å². The van der Waals surface area contributed by atoms with Crippen LogP contribution in [0.15, 0.2) is 93.2 Å². The summed E-state index contributed by atoms with van der Waals surface area (Å²) < 4.78 is 45.4. The van der Waals surface area contributed by atoms with E-state index >= 15 is 0 Å². The molecule has 1 aliphatic rings. The SMILES string of the molecule is CC(C)OCCCNC(=O)[C@]1(CCS(=O)(=O)c2ccccc2)N=C(c2ccc(OCCCO)cc2)O[C@@H]1c1ccc(Br)cc1. The van der Waals surface area contributed by atoms with Gasteiger partial charge >= 0.3 is 0 Å². The summed E-state index contributed by atoms with van der Waals surface area (Å²) >= 11 is 3.47. The van der Waals surface area contributed by atoms with Gasteiger partial charge in [-0.15, -0.1) is 0 Å². The smallest absolute Gasteiger partial charge is 0.252 e. The van der Waals surface area contributed by atoms with E-state index in [2.05, 4.69) is 21.2 Å². The quantitative estimate of drug-likeness (QED) is 0.197. The molecular formula is C33H39BrN2O7S. The third kappa shape index (κ3) is 8.68. The van der Waals surface area contributed by atoms with Crippen molar-refractivity contribution in [1.29, 1.82) is 0 Å². The zero-order valence-electron chi connectivity index (χ0n) is 24.9. The largest absolute Gasteiger partial charge is 0.494 e. The summed E-state index contributed by atoms with van der Waals surface area (Å²) in [5.74, 6) is 0.116. The Morgan fingerprint density at radius 1 is 1.02 bits per heavy atom. The minimum absolute atomic E-state index is 0.0368. The van der Waals surface area contributed by atoms with Crippen LogP contribution in [0.25, 0.3) is 0 Å². The monoisotopic (exact) mass is 686 g/mol. The number of hydrogen-bond acceptors (Lipinski definition) is 8. The third-order valence-electron chi connectivity index (χ3n) is 7.11. The Balaban J connectivity index is 1.70. The van der Waals surface area contributed by atoms with Crippen molar-refractivity contribution in [1.82, 2.24) is 5.32 Å². The lowest BCUT2D eigenvalue weighted by Crippen LogP contribution is -2.49. The lowest BCUT2D eigenvalue weighted by atomic mass is 9.85. The number of nitrogens with one attached hydrogen (secondary N) is 1. The Hall–Kier alpha value is -3.25. The van der Waals surface area contributed by atoms with Crippen LogP contribution in [-0.2, 0) is 24.1 Å². The number of ether oxygens (including phenoxy) is 3. The second kappa shape index (κ2) is 15.7. The minimum Gasteiger partial charge on any atom is -0.494 e. The number of aliphatic hydroxyl groups excluding tert-OH is 1. The highest BCUT2D eigenvalue weighted by Gasteiger charge is 2.53. The summed E-state index contributed by atoms with van der Waals surface area (Å²) in [6.07, 6.45) is 0.179. The average Bonchev–Trinajstić information content (AvgIpc) is 3.42. The lowest BCUT2D eigenvalue weighted by molar-refractivity contribution is -0.129. The van der Waals surface area contributed by atoms with Crippen LogP contribution in [0.5, 0.6) is 5.75 Å². The van der Waals surface area contributed by atoms with Gasteiger partial charge in [0.05, 0.1) is 23.4 Å². The average molecular weight is 688 g/mol. The maximum atomic E-state index is 14.2. The molecule has 9 nitrogen and oxygen atoms in total. The molecule has 2 N–H and O–H groups in total. The fraction of sp³-hybridized carbons (Fsp3) is 0.394. The molecule has 236 valence electrons. The maximum Gasteiger partial charge on any atom is 0.252 e. The predicted molar refractivity (Wildman–Crippen MR) is 173 cm³/mol. The Bertz CT molecular complexity index is 1500. The first-order valence-electron chi connectivity index (χ1n) is 14.7. The van der Waals surface area contributed by atoms with Crippen LogP contribution < -0.4 is 10.1 Å². The second-order valence-electron chi connectivity index (χ2n) is 10.8. The summed E-state index contributed by atoms with van der Waals surface area (Å²) in [5, 5.41) is 12.0. The zero-order valence-corrected chi connectivity index (χ0v) is 27.3. The van der Waals surface area contributed by atoms with Crippen LogP contribution in [0.4, 0.5) is 0 Å². The Labute approximate surface area is 267 Å². The lowest BCUT2D eigenvalue weighted by Gasteiger charge is -2.30.